The van der Waals surface area contributed by atoms with Crippen molar-refractivity contribution in [2.24, 2.45) is 16.2 Å². The molecule has 2 rings (SSSR count). The number of hydrogen-bond acceptors (Lipinski definition) is 1. The standard InChI is InChI=1S/C40H56O/c1-31(19-13-21-33(3)24-26-36-35(5)23-15-28-38(36,6)7)17-11-12-18-32(2)20-14-22-34(4)25-27-37(41)40(10)30-16-29-39(40,8)9/h11-14,17-22,24-27H,15-16,23,28-30H2,1-10H3/b12-11+,19-13+,20-14+,26-24+,27-25+,31-17+,32-18+,33-21+,34-22+/t40-/m0/s1. The fraction of sp³-hybridized carbons (Fsp3) is 0.475. The molecule has 1 nitrogen and oxygen atoms in total. The van der Waals surface area contributed by atoms with Crippen LogP contribution in [0.1, 0.15) is 108 Å². The Bertz CT molecular complexity index is 1240. The van der Waals surface area contributed by atoms with Crippen molar-refractivity contribution in [3.63, 3.8) is 0 Å². The Balaban J connectivity index is 1.87. The minimum Gasteiger partial charge on any atom is -0.294 e. The summed E-state index contributed by atoms with van der Waals surface area (Å²) in [6.45, 7) is 22.0. The molecule has 0 amide bonds. The second-order valence-electron chi connectivity index (χ2n) is 13.8. The van der Waals surface area contributed by atoms with Crippen LogP contribution in [-0.4, -0.2) is 5.78 Å². The molecule has 41 heavy (non-hydrogen) atoms. The first kappa shape index (κ1) is 34.3. The molecule has 2 aliphatic carbocycles. The average molecular weight is 553 g/mol. The maximum atomic E-state index is 12.9. The summed E-state index contributed by atoms with van der Waals surface area (Å²) in [4.78, 5) is 12.9. The van der Waals surface area contributed by atoms with Crippen molar-refractivity contribution >= 4 is 5.78 Å². The summed E-state index contributed by atoms with van der Waals surface area (Å²) >= 11 is 0. The quantitative estimate of drug-likeness (QED) is 0.184. The van der Waals surface area contributed by atoms with Gasteiger partial charge < -0.3 is 0 Å². The highest BCUT2D eigenvalue weighted by molar-refractivity contribution is 5.95. The molecule has 0 aromatic carbocycles. The van der Waals surface area contributed by atoms with E-state index in [9.17, 15) is 4.79 Å². The molecule has 0 radical (unpaired) electrons. The summed E-state index contributed by atoms with van der Waals surface area (Å²) in [6, 6.07) is 0. The van der Waals surface area contributed by atoms with Gasteiger partial charge in [-0.05, 0) is 89.2 Å². The SMILES string of the molecule is CC1=C(/C=C/C(C)=C/C=C/C(C)=C/C=C/C=C(C)/C=C/C=C(C)/C=C/C(=O)[C@]2(C)CCCC2(C)C)C(C)(C)CCC1. The van der Waals surface area contributed by atoms with E-state index >= 15 is 0 Å². The van der Waals surface area contributed by atoms with Crippen LogP contribution in [0, 0.1) is 16.2 Å². The van der Waals surface area contributed by atoms with Crippen LogP contribution in [0.2, 0.25) is 0 Å². The number of rotatable bonds is 11. The molecule has 0 saturated heterocycles. The normalized spacial score (nSPS) is 24.8. The van der Waals surface area contributed by atoms with Crippen LogP contribution in [0.5, 0.6) is 0 Å². The number of carbonyl (C=O) groups excluding carboxylic acids is 1. The fourth-order valence-corrected chi connectivity index (χ4v) is 5.91. The molecule has 1 fully saturated rings. The van der Waals surface area contributed by atoms with Crippen molar-refractivity contribution in [1.29, 1.82) is 0 Å². The third-order valence-electron chi connectivity index (χ3n) is 9.33. The predicted octanol–water partition coefficient (Wildman–Crippen LogP) is 11.9. The molecule has 0 spiro atoms. The van der Waals surface area contributed by atoms with Crippen molar-refractivity contribution in [3.05, 3.63) is 119 Å². The summed E-state index contributed by atoms with van der Waals surface area (Å²) < 4.78 is 0. The van der Waals surface area contributed by atoms with Gasteiger partial charge in [0.2, 0.25) is 0 Å². The summed E-state index contributed by atoms with van der Waals surface area (Å²) in [5, 5.41) is 0. The highest BCUT2D eigenvalue weighted by atomic mass is 16.1. The topological polar surface area (TPSA) is 17.1 Å². The van der Waals surface area contributed by atoms with Gasteiger partial charge >= 0.3 is 0 Å². The van der Waals surface area contributed by atoms with Gasteiger partial charge in [0.1, 0.15) is 0 Å². The minimum absolute atomic E-state index is 0.0718. The molecule has 2 aliphatic rings. The third-order valence-corrected chi connectivity index (χ3v) is 9.33. The van der Waals surface area contributed by atoms with Crippen molar-refractivity contribution in [2.75, 3.05) is 0 Å². The second-order valence-corrected chi connectivity index (χ2v) is 13.8. The van der Waals surface area contributed by atoms with Gasteiger partial charge in [-0.25, -0.2) is 0 Å². The van der Waals surface area contributed by atoms with Gasteiger partial charge in [-0.2, -0.15) is 0 Å². The molecule has 0 bridgehead atoms. The van der Waals surface area contributed by atoms with Crippen molar-refractivity contribution in [1.82, 2.24) is 0 Å². The Labute approximate surface area is 252 Å². The first-order chi connectivity index (χ1) is 19.2. The lowest BCUT2D eigenvalue weighted by molar-refractivity contribution is -0.127. The van der Waals surface area contributed by atoms with Gasteiger partial charge in [-0.3, -0.25) is 4.79 Å². The number of allylic oxidation sites excluding steroid dienone is 20. The third kappa shape index (κ3) is 10.4. The van der Waals surface area contributed by atoms with Crippen molar-refractivity contribution in [2.45, 2.75) is 108 Å². The second kappa shape index (κ2) is 15.3. The van der Waals surface area contributed by atoms with E-state index in [1.165, 1.54) is 47.1 Å². The molecule has 0 heterocycles. The highest BCUT2D eigenvalue weighted by Gasteiger charge is 2.49. The molecule has 0 aromatic rings. The van der Waals surface area contributed by atoms with Crippen molar-refractivity contribution in [3.8, 4) is 0 Å². The Morgan fingerprint density at radius 3 is 1.63 bits per heavy atom. The molecular weight excluding hydrogens is 496 g/mol. The van der Waals surface area contributed by atoms with E-state index in [0.717, 1.165) is 24.8 Å². The number of carbonyl (C=O) groups is 1. The Morgan fingerprint density at radius 2 is 1.12 bits per heavy atom. The van der Waals surface area contributed by atoms with Crippen LogP contribution in [0.3, 0.4) is 0 Å². The number of ketones is 1. The lowest BCUT2D eigenvalue weighted by Crippen LogP contribution is -2.36. The van der Waals surface area contributed by atoms with Gasteiger partial charge in [0.15, 0.2) is 5.78 Å². The molecular formula is C40H56O. The Morgan fingerprint density at radius 1 is 0.610 bits per heavy atom. The van der Waals surface area contributed by atoms with Gasteiger partial charge in [0.05, 0.1) is 0 Å². The smallest absolute Gasteiger partial charge is 0.162 e. The molecule has 0 aromatic heterocycles. The predicted molar refractivity (Wildman–Crippen MR) is 182 cm³/mol. The monoisotopic (exact) mass is 552 g/mol. The van der Waals surface area contributed by atoms with Crippen LogP contribution in [0.15, 0.2) is 119 Å². The molecule has 1 atom stereocenters. The van der Waals surface area contributed by atoms with Gasteiger partial charge in [0, 0.05) is 5.41 Å². The number of hydrogen-bond donors (Lipinski definition) is 0. The molecule has 0 unspecified atom stereocenters. The Kier molecular flexibility index (Phi) is 12.8. The van der Waals surface area contributed by atoms with E-state index in [0.29, 0.717) is 0 Å². The molecule has 222 valence electrons. The van der Waals surface area contributed by atoms with Crippen LogP contribution in [0.4, 0.5) is 0 Å². The zero-order chi connectivity index (χ0) is 30.7. The van der Waals surface area contributed by atoms with Gasteiger partial charge in [0.25, 0.3) is 0 Å². The first-order valence-corrected chi connectivity index (χ1v) is 15.5. The van der Waals surface area contributed by atoms with E-state index in [4.69, 9.17) is 0 Å². The van der Waals surface area contributed by atoms with Gasteiger partial charge in [-0.1, -0.05) is 148 Å². The van der Waals surface area contributed by atoms with E-state index in [2.05, 4.69) is 129 Å². The Hall–Kier alpha value is -2.93. The van der Waals surface area contributed by atoms with E-state index < -0.39 is 0 Å². The van der Waals surface area contributed by atoms with E-state index in [1.54, 1.807) is 6.08 Å². The summed E-state index contributed by atoms with van der Waals surface area (Å²) in [5.74, 6) is 0.255. The molecule has 1 heteroatoms. The summed E-state index contributed by atoms with van der Waals surface area (Å²) in [6.07, 6.45) is 36.4. The van der Waals surface area contributed by atoms with Gasteiger partial charge in [-0.15, -0.1) is 0 Å². The molecule has 1 saturated carbocycles. The maximum absolute atomic E-state index is 12.9. The van der Waals surface area contributed by atoms with Crippen LogP contribution in [-0.2, 0) is 4.79 Å². The van der Waals surface area contributed by atoms with Crippen LogP contribution in [0.25, 0.3) is 0 Å². The van der Waals surface area contributed by atoms with Crippen LogP contribution >= 0.6 is 0 Å². The summed E-state index contributed by atoms with van der Waals surface area (Å²) in [7, 11) is 0. The summed E-state index contributed by atoms with van der Waals surface area (Å²) in [5.41, 5.74) is 7.86. The largest absolute Gasteiger partial charge is 0.294 e. The fourth-order valence-electron chi connectivity index (χ4n) is 5.91. The van der Waals surface area contributed by atoms with E-state index in [1.807, 2.05) is 19.1 Å². The average Bonchev–Trinajstić information content (AvgIpc) is 3.17. The highest BCUT2D eigenvalue weighted by Crippen LogP contribution is 2.53. The van der Waals surface area contributed by atoms with Crippen LogP contribution < -0.4 is 0 Å². The molecule has 0 aliphatic heterocycles. The van der Waals surface area contributed by atoms with E-state index in [-0.39, 0.29) is 22.0 Å². The minimum atomic E-state index is -0.246. The zero-order valence-corrected chi connectivity index (χ0v) is 27.7. The zero-order valence-electron chi connectivity index (χ0n) is 27.7. The lowest BCUT2D eigenvalue weighted by Gasteiger charge is -2.36. The molecule has 0 N–H and O–H groups in total. The maximum Gasteiger partial charge on any atom is 0.162 e. The lowest BCUT2D eigenvalue weighted by atomic mass is 9.66. The first-order valence-electron chi connectivity index (χ1n) is 15.5. The van der Waals surface area contributed by atoms with Crippen molar-refractivity contribution < 1.29 is 4.79 Å².